The average molecular weight is 386 g/mol. The number of carbonyl (C=O) groups is 3. The standard InChI is InChI=1S/C12H14O4.C10H12O2/c1-3-15-11(13)9-7-5-6-8-10(9)12(14)16-4-2;1-2-12-10(11)8-9-6-4-3-5-7-9/h5-8H,3-4H2,1-2H3;3-7H,2,8H2,1H3. The van der Waals surface area contributed by atoms with Crippen LogP contribution in [-0.2, 0) is 25.4 Å². The zero-order valence-electron chi connectivity index (χ0n) is 16.5. The van der Waals surface area contributed by atoms with Gasteiger partial charge in [0.25, 0.3) is 0 Å². The van der Waals surface area contributed by atoms with Crippen molar-refractivity contribution in [1.29, 1.82) is 0 Å². The van der Waals surface area contributed by atoms with Gasteiger partial charge in [0.15, 0.2) is 0 Å². The van der Waals surface area contributed by atoms with Crippen molar-refractivity contribution in [3.8, 4) is 0 Å². The van der Waals surface area contributed by atoms with E-state index in [-0.39, 0.29) is 30.3 Å². The maximum absolute atomic E-state index is 11.5. The Morgan fingerprint density at radius 2 is 1.07 bits per heavy atom. The van der Waals surface area contributed by atoms with E-state index in [0.29, 0.717) is 13.0 Å². The Morgan fingerprint density at radius 3 is 1.50 bits per heavy atom. The lowest BCUT2D eigenvalue weighted by Crippen LogP contribution is -2.13. The first-order valence-corrected chi connectivity index (χ1v) is 9.16. The first-order valence-electron chi connectivity index (χ1n) is 9.16. The lowest BCUT2D eigenvalue weighted by molar-refractivity contribution is -0.142. The molecule has 0 spiro atoms. The van der Waals surface area contributed by atoms with E-state index in [0.717, 1.165) is 5.56 Å². The molecule has 0 N–H and O–H groups in total. The van der Waals surface area contributed by atoms with Gasteiger partial charge in [-0.2, -0.15) is 0 Å². The quantitative estimate of drug-likeness (QED) is 0.531. The zero-order chi connectivity index (χ0) is 20.8. The molecule has 0 saturated carbocycles. The van der Waals surface area contributed by atoms with Gasteiger partial charge in [-0.15, -0.1) is 0 Å². The van der Waals surface area contributed by atoms with Crippen LogP contribution in [0.3, 0.4) is 0 Å². The van der Waals surface area contributed by atoms with Crippen LogP contribution in [0, 0.1) is 0 Å². The second-order valence-corrected chi connectivity index (χ2v) is 5.45. The minimum atomic E-state index is -0.508. The van der Waals surface area contributed by atoms with Crippen molar-refractivity contribution >= 4 is 17.9 Å². The molecule has 0 aliphatic heterocycles. The van der Waals surface area contributed by atoms with Crippen molar-refractivity contribution in [3.63, 3.8) is 0 Å². The molecule has 0 amide bonds. The Kier molecular flexibility index (Phi) is 10.7. The molecule has 28 heavy (non-hydrogen) atoms. The number of hydrogen-bond donors (Lipinski definition) is 0. The first kappa shape index (κ1) is 22.9. The Bertz CT molecular complexity index is 718. The molecule has 0 fully saturated rings. The highest BCUT2D eigenvalue weighted by atomic mass is 16.5. The lowest BCUT2D eigenvalue weighted by Gasteiger charge is -2.07. The van der Waals surface area contributed by atoms with E-state index >= 15 is 0 Å². The summed E-state index contributed by atoms with van der Waals surface area (Å²) in [4.78, 5) is 34.1. The Labute approximate surface area is 165 Å². The molecule has 0 aliphatic carbocycles. The van der Waals surface area contributed by atoms with E-state index in [1.54, 1.807) is 38.1 Å². The summed E-state index contributed by atoms with van der Waals surface area (Å²) >= 11 is 0. The van der Waals surface area contributed by atoms with Crippen molar-refractivity contribution in [3.05, 3.63) is 71.3 Å². The molecule has 2 rings (SSSR count). The van der Waals surface area contributed by atoms with Crippen molar-refractivity contribution in [2.75, 3.05) is 19.8 Å². The minimum absolute atomic E-state index is 0.163. The predicted molar refractivity (Wildman–Crippen MR) is 105 cm³/mol. The molecule has 2 aromatic carbocycles. The Balaban J connectivity index is 0.000000292. The van der Waals surface area contributed by atoms with Crippen molar-refractivity contribution in [1.82, 2.24) is 0 Å². The molecular weight excluding hydrogens is 360 g/mol. The van der Waals surface area contributed by atoms with E-state index in [1.807, 2.05) is 37.3 Å². The molecule has 0 aromatic heterocycles. The Hall–Kier alpha value is -3.15. The molecule has 0 saturated heterocycles. The van der Waals surface area contributed by atoms with Gasteiger partial charge in [0.2, 0.25) is 0 Å². The topological polar surface area (TPSA) is 78.9 Å². The molecular formula is C22H26O6. The maximum Gasteiger partial charge on any atom is 0.338 e. The maximum atomic E-state index is 11.5. The van der Waals surface area contributed by atoms with E-state index in [1.165, 1.54) is 0 Å². The van der Waals surface area contributed by atoms with Crippen LogP contribution in [0.5, 0.6) is 0 Å². The fraction of sp³-hybridized carbons (Fsp3) is 0.318. The van der Waals surface area contributed by atoms with Gasteiger partial charge in [-0.05, 0) is 38.5 Å². The highest BCUT2D eigenvalue weighted by Gasteiger charge is 2.17. The molecule has 2 aromatic rings. The Morgan fingerprint density at radius 1 is 0.643 bits per heavy atom. The number of ether oxygens (including phenoxy) is 3. The van der Waals surface area contributed by atoms with Gasteiger partial charge in [-0.3, -0.25) is 4.79 Å². The predicted octanol–water partition coefficient (Wildman–Crippen LogP) is 3.83. The molecule has 0 atom stereocenters. The monoisotopic (exact) mass is 386 g/mol. The summed E-state index contributed by atoms with van der Waals surface area (Å²) in [6.45, 7) is 6.23. The molecule has 0 aliphatic rings. The van der Waals surface area contributed by atoms with E-state index in [4.69, 9.17) is 14.2 Å². The first-order chi connectivity index (χ1) is 13.5. The summed E-state index contributed by atoms with van der Waals surface area (Å²) in [6, 6.07) is 16.0. The van der Waals surface area contributed by atoms with Crippen LogP contribution in [0.2, 0.25) is 0 Å². The van der Waals surface area contributed by atoms with Crippen LogP contribution in [0.15, 0.2) is 54.6 Å². The third-order valence-electron chi connectivity index (χ3n) is 3.41. The molecule has 0 heterocycles. The summed E-state index contributed by atoms with van der Waals surface area (Å²) in [5.74, 6) is -1.18. The average Bonchev–Trinajstić information content (AvgIpc) is 2.70. The van der Waals surface area contributed by atoms with Crippen molar-refractivity contribution in [2.45, 2.75) is 27.2 Å². The van der Waals surface area contributed by atoms with Crippen molar-refractivity contribution in [2.24, 2.45) is 0 Å². The van der Waals surface area contributed by atoms with Crippen LogP contribution in [0.25, 0.3) is 0 Å². The summed E-state index contributed by atoms with van der Waals surface area (Å²) < 4.78 is 14.5. The summed E-state index contributed by atoms with van der Waals surface area (Å²) in [5, 5.41) is 0. The number of carbonyl (C=O) groups excluding carboxylic acids is 3. The summed E-state index contributed by atoms with van der Waals surface area (Å²) in [7, 11) is 0. The molecule has 0 radical (unpaired) electrons. The van der Waals surface area contributed by atoms with Crippen LogP contribution in [-0.4, -0.2) is 37.7 Å². The van der Waals surface area contributed by atoms with Crippen molar-refractivity contribution < 1.29 is 28.6 Å². The van der Waals surface area contributed by atoms with Gasteiger partial charge in [-0.25, -0.2) is 9.59 Å². The third kappa shape index (κ3) is 8.03. The van der Waals surface area contributed by atoms with Gasteiger partial charge in [-0.1, -0.05) is 42.5 Å². The highest BCUT2D eigenvalue weighted by Crippen LogP contribution is 2.11. The number of rotatable bonds is 7. The summed E-state index contributed by atoms with van der Waals surface area (Å²) in [5.41, 5.74) is 1.47. The molecule has 0 unspecified atom stereocenters. The molecule has 0 bridgehead atoms. The van der Waals surface area contributed by atoms with Crippen LogP contribution in [0.4, 0.5) is 0 Å². The zero-order valence-corrected chi connectivity index (χ0v) is 16.5. The lowest BCUT2D eigenvalue weighted by atomic mass is 10.1. The SMILES string of the molecule is CCOC(=O)Cc1ccccc1.CCOC(=O)c1ccccc1C(=O)OCC. The number of benzene rings is 2. The molecule has 150 valence electrons. The summed E-state index contributed by atoms with van der Waals surface area (Å²) in [6.07, 6.45) is 0.370. The molecule has 6 nitrogen and oxygen atoms in total. The normalized spacial score (nSPS) is 9.54. The largest absolute Gasteiger partial charge is 0.466 e. The van der Waals surface area contributed by atoms with Crippen LogP contribution in [0.1, 0.15) is 47.1 Å². The highest BCUT2D eigenvalue weighted by molar-refractivity contribution is 6.03. The van der Waals surface area contributed by atoms with Crippen LogP contribution >= 0.6 is 0 Å². The van der Waals surface area contributed by atoms with E-state index in [2.05, 4.69) is 0 Å². The van der Waals surface area contributed by atoms with E-state index in [9.17, 15) is 14.4 Å². The number of esters is 3. The second kappa shape index (κ2) is 13.1. The fourth-order valence-corrected chi connectivity index (χ4v) is 2.23. The van der Waals surface area contributed by atoms with Gasteiger partial charge in [0, 0.05) is 0 Å². The van der Waals surface area contributed by atoms with E-state index < -0.39 is 11.9 Å². The minimum Gasteiger partial charge on any atom is -0.466 e. The number of hydrogen-bond acceptors (Lipinski definition) is 6. The van der Waals surface area contributed by atoms with Crippen LogP contribution < -0.4 is 0 Å². The smallest absolute Gasteiger partial charge is 0.338 e. The third-order valence-corrected chi connectivity index (χ3v) is 3.41. The van der Waals surface area contributed by atoms with Gasteiger partial charge in [0.05, 0.1) is 37.4 Å². The molecule has 6 heteroatoms. The van der Waals surface area contributed by atoms with Gasteiger partial charge in [0.1, 0.15) is 0 Å². The van der Waals surface area contributed by atoms with Gasteiger partial charge < -0.3 is 14.2 Å². The second-order valence-electron chi connectivity index (χ2n) is 5.45. The van der Waals surface area contributed by atoms with Gasteiger partial charge >= 0.3 is 17.9 Å². The fourth-order valence-electron chi connectivity index (χ4n) is 2.23.